The molecule has 0 fully saturated rings. The number of aromatic amines is 1. The van der Waals surface area contributed by atoms with E-state index in [4.69, 9.17) is 5.73 Å². The third kappa shape index (κ3) is 2.84. The van der Waals surface area contributed by atoms with Crippen LogP contribution in [0.15, 0.2) is 27.7 Å². The summed E-state index contributed by atoms with van der Waals surface area (Å²) >= 11 is 2.99. The van der Waals surface area contributed by atoms with Crippen LogP contribution in [-0.4, -0.2) is 18.6 Å². The highest BCUT2D eigenvalue weighted by Crippen LogP contribution is 2.23. The monoisotopic (exact) mass is 362 g/mol. The van der Waals surface area contributed by atoms with E-state index in [2.05, 4.69) is 30.8 Å². The molecule has 9 heteroatoms. The summed E-state index contributed by atoms with van der Waals surface area (Å²) in [6.07, 6.45) is 0. The Kier molecular flexibility index (Phi) is 4.11. The number of sulfonamides is 1. The molecule has 0 saturated carbocycles. The van der Waals surface area contributed by atoms with Gasteiger partial charge in [0.05, 0.1) is 10.2 Å². The zero-order valence-electron chi connectivity index (χ0n) is 10.4. The van der Waals surface area contributed by atoms with Crippen molar-refractivity contribution in [2.45, 2.75) is 18.5 Å². The zero-order chi connectivity index (χ0) is 14.9. The molecule has 2 aromatic rings. The summed E-state index contributed by atoms with van der Waals surface area (Å²) in [4.78, 5) is 0. The van der Waals surface area contributed by atoms with Crippen LogP contribution in [-0.2, 0) is 16.6 Å². The molecule has 4 N–H and O–H groups in total. The van der Waals surface area contributed by atoms with Gasteiger partial charge in [-0.1, -0.05) is 0 Å². The summed E-state index contributed by atoms with van der Waals surface area (Å²) in [5, 5.41) is 6.13. The average Bonchev–Trinajstić information content (AvgIpc) is 2.75. The second-order valence-electron chi connectivity index (χ2n) is 4.07. The van der Waals surface area contributed by atoms with Crippen molar-refractivity contribution in [2.24, 2.45) is 5.73 Å². The number of rotatable bonds is 4. The predicted octanol–water partition coefficient (Wildman–Crippen LogP) is 1.88. The van der Waals surface area contributed by atoms with Crippen molar-refractivity contribution in [2.75, 3.05) is 4.72 Å². The van der Waals surface area contributed by atoms with Crippen molar-refractivity contribution < 1.29 is 12.8 Å². The molecule has 0 amide bonds. The van der Waals surface area contributed by atoms with E-state index >= 15 is 0 Å². The van der Waals surface area contributed by atoms with E-state index in [1.165, 1.54) is 12.1 Å². The minimum absolute atomic E-state index is 0.0350. The average molecular weight is 363 g/mol. The van der Waals surface area contributed by atoms with Gasteiger partial charge in [-0.3, -0.25) is 9.82 Å². The maximum Gasteiger partial charge on any atom is 0.281 e. The van der Waals surface area contributed by atoms with E-state index in [-0.39, 0.29) is 21.7 Å². The molecule has 1 aromatic carbocycles. The first-order valence-corrected chi connectivity index (χ1v) is 7.84. The molecular weight excluding hydrogens is 351 g/mol. The summed E-state index contributed by atoms with van der Waals surface area (Å²) in [5.41, 5.74) is 6.59. The first kappa shape index (κ1) is 14.9. The molecule has 0 bridgehead atoms. The number of nitrogens with zero attached hydrogens (tertiary/aromatic N) is 1. The van der Waals surface area contributed by atoms with Crippen LogP contribution < -0.4 is 10.5 Å². The molecule has 20 heavy (non-hydrogen) atoms. The molecule has 0 saturated heterocycles. The van der Waals surface area contributed by atoms with Crippen LogP contribution in [0.4, 0.5) is 10.1 Å². The molecule has 2 rings (SSSR count). The Labute approximate surface area is 123 Å². The van der Waals surface area contributed by atoms with Crippen LogP contribution in [0.2, 0.25) is 0 Å². The van der Waals surface area contributed by atoms with Gasteiger partial charge < -0.3 is 5.73 Å². The van der Waals surface area contributed by atoms with Crippen LogP contribution >= 0.6 is 15.9 Å². The quantitative estimate of drug-likeness (QED) is 0.772. The predicted molar refractivity (Wildman–Crippen MR) is 76.1 cm³/mol. The fourth-order valence-corrected chi connectivity index (χ4v) is 3.16. The topological polar surface area (TPSA) is 101 Å². The molecule has 0 aliphatic carbocycles. The van der Waals surface area contributed by atoms with E-state index in [9.17, 15) is 12.8 Å². The number of aromatic nitrogens is 2. The van der Waals surface area contributed by atoms with Crippen LogP contribution in [0.1, 0.15) is 11.3 Å². The Morgan fingerprint density at radius 1 is 1.50 bits per heavy atom. The molecular formula is C11H12BrFN4O2S. The lowest BCUT2D eigenvalue weighted by atomic mass is 10.3. The Morgan fingerprint density at radius 2 is 2.20 bits per heavy atom. The van der Waals surface area contributed by atoms with Gasteiger partial charge >= 0.3 is 0 Å². The van der Waals surface area contributed by atoms with Gasteiger partial charge in [0.1, 0.15) is 5.82 Å². The smallest absolute Gasteiger partial charge is 0.281 e. The second-order valence-corrected chi connectivity index (χ2v) is 6.52. The third-order valence-corrected chi connectivity index (χ3v) is 4.66. The van der Waals surface area contributed by atoms with Crippen molar-refractivity contribution in [1.82, 2.24) is 10.2 Å². The van der Waals surface area contributed by atoms with Crippen LogP contribution in [0.25, 0.3) is 0 Å². The van der Waals surface area contributed by atoms with Crippen LogP contribution in [0.3, 0.4) is 0 Å². The van der Waals surface area contributed by atoms with E-state index in [1.54, 1.807) is 6.92 Å². The van der Waals surface area contributed by atoms with Crippen molar-refractivity contribution in [3.05, 3.63) is 39.7 Å². The number of nitrogens with one attached hydrogen (secondary N) is 2. The van der Waals surface area contributed by atoms with Gasteiger partial charge in [0.15, 0.2) is 0 Å². The highest BCUT2D eigenvalue weighted by Gasteiger charge is 2.23. The fraction of sp³-hybridized carbons (Fsp3) is 0.182. The third-order valence-electron chi connectivity index (χ3n) is 2.67. The summed E-state index contributed by atoms with van der Waals surface area (Å²) in [7, 11) is -3.92. The maximum absolute atomic E-state index is 13.4. The summed E-state index contributed by atoms with van der Waals surface area (Å²) in [5.74, 6) is -0.567. The summed E-state index contributed by atoms with van der Waals surface area (Å²) < 4.78 is 40.3. The van der Waals surface area contributed by atoms with Gasteiger partial charge in [0, 0.05) is 17.8 Å². The lowest BCUT2D eigenvalue weighted by molar-refractivity contribution is 0.595. The molecule has 6 nitrogen and oxygen atoms in total. The Hall–Kier alpha value is -1.45. The summed E-state index contributed by atoms with van der Waals surface area (Å²) in [6.45, 7) is 1.71. The van der Waals surface area contributed by atoms with Crippen LogP contribution in [0, 0.1) is 12.7 Å². The Balaban J connectivity index is 2.38. The van der Waals surface area contributed by atoms with E-state index in [0.717, 1.165) is 6.07 Å². The molecule has 1 heterocycles. The normalized spacial score (nSPS) is 11.6. The van der Waals surface area contributed by atoms with Crippen LogP contribution in [0.5, 0.6) is 0 Å². The number of hydrogen-bond acceptors (Lipinski definition) is 4. The lowest BCUT2D eigenvalue weighted by Gasteiger charge is -2.08. The standard InChI is InChI=1S/C11H12BrFN4O2S/c1-6-8(5-14)11(16-15-6)20(18,19)17-7-2-3-9(12)10(13)4-7/h2-4,17H,5,14H2,1H3,(H,15,16). The van der Waals surface area contributed by atoms with E-state index in [1.807, 2.05) is 0 Å². The Bertz CT molecular complexity index is 745. The maximum atomic E-state index is 13.4. The van der Waals surface area contributed by atoms with Gasteiger partial charge in [-0.05, 0) is 41.1 Å². The highest BCUT2D eigenvalue weighted by molar-refractivity contribution is 9.10. The van der Waals surface area contributed by atoms with Crippen molar-refractivity contribution >= 4 is 31.6 Å². The van der Waals surface area contributed by atoms with Gasteiger partial charge in [-0.15, -0.1) is 0 Å². The second kappa shape index (κ2) is 5.51. The number of H-pyrrole nitrogens is 1. The molecule has 108 valence electrons. The first-order valence-electron chi connectivity index (χ1n) is 5.57. The van der Waals surface area contributed by atoms with Gasteiger partial charge in [-0.2, -0.15) is 13.5 Å². The van der Waals surface area contributed by atoms with E-state index in [0.29, 0.717) is 11.3 Å². The molecule has 1 aromatic heterocycles. The lowest BCUT2D eigenvalue weighted by Crippen LogP contribution is -2.16. The minimum Gasteiger partial charge on any atom is -0.326 e. The molecule has 0 radical (unpaired) electrons. The minimum atomic E-state index is -3.92. The van der Waals surface area contributed by atoms with Crippen molar-refractivity contribution in [3.8, 4) is 0 Å². The Morgan fingerprint density at radius 3 is 2.80 bits per heavy atom. The van der Waals surface area contributed by atoms with E-state index < -0.39 is 15.8 Å². The number of hydrogen-bond donors (Lipinski definition) is 3. The molecule has 0 unspecified atom stereocenters. The van der Waals surface area contributed by atoms with Crippen molar-refractivity contribution in [1.29, 1.82) is 0 Å². The van der Waals surface area contributed by atoms with Crippen molar-refractivity contribution in [3.63, 3.8) is 0 Å². The number of nitrogens with two attached hydrogens (primary N) is 1. The first-order chi connectivity index (χ1) is 9.35. The summed E-state index contributed by atoms with van der Waals surface area (Å²) in [6, 6.07) is 3.92. The SMILES string of the molecule is Cc1[nH]nc(S(=O)(=O)Nc2ccc(Br)c(F)c2)c1CN. The molecule has 0 aliphatic rings. The molecule has 0 atom stereocenters. The van der Waals surface area contributed by atoms with Gasteiger partial charge in [-0.25, -0.2) is 4.39 Å². The number of aryl methyl sites for hydroxylation is 1. The highest BCUT2D eigenvalue weighted by atomic mass is 79.9. The zero-order valence-corrected chi connectivity index (χ0v) is 12.8. The number of halogens is 2. The molecule has 0 aliphatic heterocycles. The fourth-order valence-electron chi connectivity index (χ4n) is 1.66. The number of anilines is 1. The molecule has 0 spiro atoms. The van der Waals surface area contributed by atoms with Gasteiger partial charge in [0.2, 0.25) is 5.03 Å². The largest absolute Gasteiger partial charge is 0.326 e. The number of benzene rings is 1. The van der Waals surface area contributed by atoms with Gasteiger partial charge in [0.25, 0.3) is 10.0 Å².